The highest BCUT2D eigenvalue weighted by Crippen LogP contribution is 2.75. The van der Waals surface area contributed by atoms with Gasteiger partial charge in [0, 0.05) is 18.3 Å². The lowest BCUT2D eigenvalue weighted by Crippen LogP contribution is -2.64. The van der Waals surface area contributed by atoms with Crippen LogP contribution >= 0.6 is 0 Å². The molecule has 5 rings (SSSR count). The number of carbonyl (C=O) groups is 1. The number of ketones is 1. The average molecular weight is 441 g/mol. The van der Waals surface area contributed by atoms with E-state index in [0.29, 0.717) is 29.0 Å². The minimum atomic E-state index is -0.247. The highest BCUT2D eigenvalue weighted by Gasteiger charge is 2.70. The van der Waals surface area contributed by atoms with Crippen molar-refractivity contribution in [3.8, 4) is 0 Å². The summed E-state index contributed by atoms with van der Waals surface area (Å²) in [7, 11) is 0. The molecule has 0 aromatic heterocycles. The zero-order chi connectivity index (χ0) is 23.5. The predicted octanol–water partition coefficient (Wildman–Crippen LogP) is 7.20. The fourth-order valence-electron chi connectivity index (χ4n) is 11.1. The van der Waals surface area contributed by atoms with Gasteiger partial charge in [0.05, 0.1) is 6.10 Å². The fourth-order valence-corrected chi connectivity index (χ4v) is 11.1. The van der Waals surface area contributed by atoms with Crippen LogP contribution in [0.5, 0.6) is 0 Å². The van der Waals surface area contributed by atoms with Gasteiger partial charge in [0.15, 0.2) is 0 Å². The van der Waals surface area contributed by atoms with E-state index in [9.17, 15) is 9.90 Å². The van der Waals surface area contributed by atoms with Crippen molar-refractivity contribution >= 4 is 5.78 Å². The van der Waals surface area contributed by atoms with Crippen molar-refractivity contribution in [2.24, 2.45) is 56.7 Å². The number of aliphatic hydroxyl groups is 1. The van der Waals surface area contributed by atoms with E-state index >= 15 is 0 Å². The summed E-state index contributed by atoms with van der Waals surface area (Å²) >= 11 is 0. The maximum absolute atomic E-state index is 13.3. The molecule has 32 heavy (non-hydrogen) atoms. The Morgan fingerprint density at radius 2 is 1.62 bits per heavy atom. The lowest BCUT2D eigenvalue weighted by atomic mass is 9.35. The lowest BCUT2D eigenvalue weighted by molar-refractivity contribution is -0.183. The first-order valence-corrected chi connectivity index (χ1v) is 13.6. The highest BCUT2D eigenvalue weighted by atomic mass is 16.3. The number of hydrogen-bond acceptors (Lipinski definition) is 2. The van der Waals surface area contributed by atoms with Crippen LogP contribution in [0.1, 0.15) is 107 Å². The molecule has 0 spiro atoms. The number of hydrogen-bond donors (Lipinski definition) is 1. The Hall–Kier alpha value is -0.630. The van der Waals surface area contributed by atoms with E-state index in [-0.39, 0.29) is 39.6 Å². The van der Waals surface area contributed by atoms with Gasteiger partial charge in [-0.25, -0.2) is 0 Å². The number of carbonyl (C=O) groups excluding carboxylic acids is 1. The maximum atomic E-state index is 13.3. The molecule has 0 aliphatic heterocycles. The van der Waals surface area contributed by atoms with E-state index in [1.165, 1.54) is 19.3 Å². The summed E-state index contributed by atoms with van der Waals surface area (Å²) in [5, 5.41) is 11.8. The van der Waals surface area contributed by atoms with Crippen molar-refractivity contribution in [1.29, 1.82) is 0 Å². The smallest absolute Gasteiger partial charge is 0.137 e. The van der Waals surface area contributed by atoms with Crippen LogP contribution in [0.2, 0.25) is 0 Å². The largest absolute Gasteiger partial charge is 0.392 e. The highest BCUT2D eigenvalue weighted by molar-refractivity contribution is 5.85. The molecule has 0 heterocycles. The number of fused-ring (bicyclic) bond motifs is 7. The van der Waals surface area contributed by atoms with Gasteiger partial charge in [0.2, 0.25) is 0 Å². The quantitative estimate of drug-likeness (QED) is 0.438. The summed E-state index contributed by atoms with van der Waals surface area (Å²) in [6.45, 7) is 19.4. The third-order valence-electron chi connectivity index (χ3n) is 12.7. The van der Waals surface area contributed by atoms with E-state index in [2.05, 4.69) is 61.5 Å². The lowest BCUT2D eigenvalue weighted by Gasteiger charge is -2.69. The molecule has 180 valence electrons. The molecule has 9 atom stereocenters. The van der Waals surface area contributed by atoms with Crippen LogP contribution in [-0.2, 0) is 4.79 Å². The molecule has 0 bridgehead atoms. The van der Waals surface area contributed by atoms with Gasteiger partial charge in [-0.05, 0) is 83.4 Å². The molecule has 5 aliphatic rings. The Morgan fingerprint density at radius 1 is 0.938 bits per heavy atom. The van der Waals surface area contributed by atoms with Gasteiger partial charge in [-0.2, -0.15) is 0 Å². The zero-order valence-corrected chi connectivity index (χ0v) is 22.1. The van der Waals surface area contributed by atoms with Gasteiger partial charge in [-0.1, -0.05) is 73.5 Å². The van der Waals surface area contributed by atoms with E-state index in [1.807, 2.05) is 0 Å². The molecule has 0 aromatic rings. The van der Waals surface area contributed by atoms with Gasteiger partial charge in [-0.15, -0.1) is 0 Å². The third-order valence-corrected chi connectivity index (χ3v) is 12.7. The van der Waals surface area contributed by atoms with Crippen molar-refractivity contribution in [2.75, 3.05) is 0 Å². The molecule has 0 amide bonds. The molecule has 2 heteroatoms. The minimum absolute atomic E-state index is 0.0718. The molecule has 4 saturated carbocycles. The van der Waals surface area contributed by atoms with Crippen LogP contribution in [0.25, 0.3) is 0 Å². The second-order valence-corrected chi connectivity index (χ2v) is 14.7. The molecule has 1 N–H and O–H groups in total. The first kappa shape index (κ1) is 23.1. The first-order chi connectivity index (χ1) is 14.7. The molecule has 4 fully saturated rings. The number of rotatable bonds is 1. The Kier molecular flexibility index (Phi) is 4.87. The molecule has 5 aliphatic carbocycles. The summed E-state index contributed by atoms with van der Waals surface area (Å²) < 4.78 is 0. The van der Waals surface area contributed by atoms with Gasteiger partial charge < -0.3 is 5.11 Å². The van der Waals surface area contributed by atoms with Crippen LogP contribution in [-0.4, -0.2) is 17.0 Å². The van der Waals surface area contributed by atoms with Gasteiger partial charge in [-0.3, -0.25) is 4.79 Å². The Labute approximate surface area is 197 Å². The molecular weight excluding hydrogens is 392 g/mol. The van der Waals surface area contributed by atoms with Crippen LogP contribution in [0.4, 0.5) is 0 Å². The van der Waals surface area contributed by atoms with E-state index < -0.39 is 0 Å². The summed E-state index contributed by atoms with van der Waals surface area (Å²) in [6, 6.07) is 0. The summed E-state index contributed by atoms with van der Waals surface area (Å²) in [5.74, 6) is 2.40. The second kappa shape index (κ2) is 6.73. The standard InChI is InChI=1S/C30H48O2/c1-18(2)24-20(31)17-23-28(24,6)14-15-30(8)25-19(10-13-29(23,30)7)27(5)12-9-11-26(3,4)22(27)16-21(25)32/h10,18,21-25,32H,9,11-17H2,1-8H3/t21-,22-,23+,24-,25+,27+,28-,29-,30+/m0/s1. The fraction of sp³-hybridized carbons (Fsp3) is 0.900. The molecule has 0 radical (unpaired) electrons. The monoisotopic (exact) mass is 440 g/mol. The molecule has 0 aromatic carbocycles. The van der Waals surface area contributed by atoms with Crippen molar-refractivity contribution in [1.82, 2.24) is 0 Å². The zero-order valence-electron chi connectivity index (χ0n) is 22.1. The Morgan fingerprint density at radius 3 is 2.28 bits per heavy atom. The van der Waals surface area contributed by atoms with Gasteiger partial charge >= 0.3 is 0 Å². The van der Waals surface area contributed by atoms with Crippen LogP contribution in [0.15, 0.2) is 11.6 Å². The molecular formula is C30H48O2. The average Bonchev–Trinajstić information content (AvgIpc) is 2.96. The Balaban J connectivity index is 1.61. The van der Waals surface area contributed by atoms with Gasteiger partial charge in [0.1, 0.15) is 5.78 Å². The third kappa shape index (κ3) is 2.60. The number of Topliss-reactive ketones (excluding diaryl/α,β-unsaturated/α-hetero) is 1. The van der Waals surface area contributed by atoms with Crippen molar-refractivity contribution < 1.29 is 9.90 Å². The summed E-state index contributed by atoms with van der Waals surface area (Å²) in [6.07, 6.45) is 11.3. The van der Waals surface area contributed by atoms with Crippen molar-refractivity contribution in [2.45, 2.75) is 113 Å². The second-order valence-electron chi connectivity index (χ2n) is 14.7. The van der Waals surface area contributed by atoms with Crippen LogP contribution in [0, 0.1) is 56.7 Å². The summed E-state index contributed by atoms with van der Waals surface area (Å²) in [4.78, 5) is 13.3. The number of allylic oxidation sites excluding steroid dienone is 1. The topological polar surface area (TPSA) is 37.3 Å². The Bertz CT molecular complexity index is 853. The molecule has 0 saturated heterocycles. The SMILES string of the molecule is CC(C)[C@H]1C(=O)C[C@@H]2[C@]1(C)CC[C@]1(C)[C@@H]3C(=CC[C@@]21C)[C@@]1(C)CCCC(C)(C)[C@@H]1C[C@@H]3O. The van der Waals surface area contributed by atoms with Crippen molar-refractivity contribution in [3.05, 3.63) is 11.6 Å². The minimum Gasteiger partial charge on any atom is -0.392 e. The molecule has 2 nitrogen and oxygen atoms in total. The van der Waals surface area contributed by atoms with E-state index in [4.69, 9.17) is 0 Å². The van der Waals surface area contributed by atoms with Crippen LogP contribution < -0.4 is 0 Å². The van der Waals surface area contributed by atoms with Gasteiger partial charge in [0.25, 0.3) is 0 Å². The molecule has 0 unspecified atom stereocenters. The first-order valence-electron chi connectivity index (χ1n) is 13.6. The summed E-state index contributed by atoms with van der Waals surface area (Å²) in [5.41, 5.74) is 2.40. The number of aliphatic hydroxyl groups excluding tert-OH is 1. The van der Waals surface area contributed by atoms with Crippen LogP contribution in [0.3, 0.4) is 0 Å². The van der Waals surface area contributed by atoms with Crippen molar-refractivity contribution in [3.63, 3.8) is 0 Å². The normalized spacial score (nSPS) is 54.4. The predicted molar refractivity (Wildman–Crippen MR) is 131 cm³/mol. The van der Waals surface area contributed by atoms with E-state index in [0.717, 1.165) is 32.1 Å². The maximum Gasteiger partial charge on any atom is 0.137 e. The van der Waals surface area contributed by atoms with E-state index in [1.54, 1.807) is 5.57 Å².